The molecule has 0 aliphatic rings. The molecule has 0 fully saturated rings. The Morgan fingerprint density at radius 1 is 1.10 bits per heavy atom. The first-order chi connectivity index (χ1) is 13.7. The maximum atomic E-state index is 12.2. The predicted octanol–water partition coefficient (Wildman–Crippen LogP) is 2.43. The quantitative estimate of drug-likeness (QED) is 0.616. The second-order valence-electron chi connectivity index (χ2n) is 6.94. The molecule has 0 saturated carbocycles. The lowest BCUT2D eigenvalue weighted by Crippen LogP contribution is -2.31. The monoisotopic (exact) mass is 420 g/mol. The number of aryl methyl sites for hydroxylation is 1. The first kappa shape index (κ1) is 22.7. The van der Waals surface area contributed by atoms with Crippen molar-refractivity contribution in [1.82, 2.24) is 10.0 Å². The van der Waals surface area contributed by atoms with Crippen molar-refractivity contribution >= 4 is 15.9 Å². The summed E-state index contributed by atoms with van der Waals surface area (Å²) in [6, 6.07) is 12.0. The molecule has 0 atom stereocenters. The van der Waals surface area contributed by atoms with E-state index in [4.69, 9.17) is 9.47 Å². The van der Waals surface area contributed by atoms with Gasteiger partial charge in [-0.2, -0.15) is 0 Å². The maximum absolute atomic E-state index is 12.2. The summed E-state index contributed by atoms with van der Waals surface area (Å²) in [5.74, 6) is 1.02. The van der Waals surface area contributed by atoms with Crippen LogP contribution in [-0.2, 0) is 21.2 Å². The normalized spacial score (nSPS) is 11.3. The Morgan fingerprint density at radius 2 is 1.79 bits per heavy atom. The van der Waals surface area contributed by atoms with Crippen molar-refractivity contribution in [3.8, 4) is 11.5 Å². The van der Waals surface area contributed by atoms with Crippen molar-refractivity contribution in [2.75, 3.05) is 20.3 Å². The SMILES string of the molecule is COc1ccc(CCNC(=O)COc2ccc(S(=O)(=O)NC(C)C)cc2C)cc1. The standard InChI is InChI=1S/C21H28N2O5S/c1-15(2)23-29(25,26)19-9-10-20(16(3)13-19)28-14-21(24)22-12-11-17-5-7-18(27-4)8-6-17/h5-10,13,15,23H,11-12,14H2,1-4H3,(H,22,24). The summed E-state index contributed by atoms with van der Waals surface area (Å²) in [4.78, 5) is 12.2. The highest BCUT2D eigenvalue weighted by Crippen LogP contribution is 2.22. The third-order valence-corrected chi connectivity index (χ3v) is 5.76. The summed E-state index contributed by atoms with van der Waals surface area (Å²) in [5.41, 5.74) is 1.73. The van der Waals surface area contributed by atoms with Crippen LogP contribution in [0.4, 0.5) is 0 Å². The first-order valence-electron chi connectivity index (χ1n) is 9.36. The van der Waals surface area contributed by atoms with Gasteiger partial charge in [0.05, 0.1) is 12.0 Å². The van der Waals surface area contributed by atoms with Crippen LogP contribution in [0.1, 0.15) is 25.0 Å². The zero-order valence-electron chi connectivity index (χ0n) is 17.2. The second-order valence-corrected chi connectivity index (χ2v) is 8.65. The van der Waals surface area contributed by atoms with Gasteiger partial charge in [-0.05, 0) is 68.7 Å². The van der Waals surface area contributed by atoms with Crippen LogP contribution < -0.4 is 19.5 Å². The third kappa shape index (κ3) is 7.07. The van der Waals surface area contributed by atoms with Crippen molar-refractivity contribution in [1.29, 1.82) is 0 Å². The fraction of sp³-hybridized carbons (Fsp3) is 0.381. The second kappa shape index (κ2) is 10.3. The number of amides is 1. The Morgan fingerprint density at radius 3 is 2.38 bits per heavy atom. The van der Waals surface area contributed by atoms with E-state index in [0.717, 1.165) is 11.3 Å². The molecular formula is C21H28N2O5S. The molecule has 2 N–H and O–H groups in total. The molecule has 0 aliphatic carbocycles. The van der Waals surface area contributed by atoms with Gasteiger partial charge in [0.2, 0.25) is 10.0 Å². The topological polar surface area (TPSA) is 93.7 Å². The molecule has 2 aromatic carbocycles. The number of rotatable bonds is 10. The molecule has 2 rings (SSSR count). The van der Waals surface area contributed by atoms with Gasteiger partial charge in [0.1, 0.15) is 11.5 Å². The smallest absolute Gasteiger partial charge is 0.257 e. The number of nitrogens with one attached hydrogen (secondary N) is 2. The van der Waals surface area contributed by atoms with Crippen LogP contribution >= 0.6 is 0 Å². The highest BCUT2D eigenvalue weighted by Gasteiger charge is 2.16. The van der Waals surface area contributed by atoms with E-state index in [1.165, 1.54) is 12.1 Å². The average molecular weight is 421 g/mol. The third-order valence-electron chi connectivity index (χ3n) is 4.10. The minimum absolute atomic E-state index is 0.139. The van der Waals surface area contributed by atoms with Crippen LogP contribution in [-0.4, -0.2) is 40.6 Å². The fourth-order valence-corrected chi connectivity index (χ4v) is 4.00. The summed E-state index contributed by atoms with van der Waals surface area (Å²) in [6.45, 7) is 5.61. The van der Waals surface area contributed by atoms with Gasteiger partial charge in [0, 0.05) is 12.6 Å². The number of hydrogen-bond acceptors (Lipinski definition) is 5. The molecule has 0 spiro atoms. The molecule has 1 amide bonds. The van der Waals surface area contributed by atoms with Gasteiger partial charge in [-0.25, -0.2) is 13.1 Å². The number of sulfonamides is 1. The number of ether oxygens (including phenoxy) is 2. The van der Waals surface area contributed by atoms with Crippen LogP contribution in [0.3, 0.4) is 0 Å². The number of methoxy groups -OCH3 is 1. The average Bonchev–Trinajstić information content (AvgIpc) is 2.66. The van der Waals surface area contributed by atoms with Crippen LogP contribution in [0.15, 0.2) is 47.4 Å². The van der Waals surface area contributed by atoms with Crippen LogP contribution in [0.2, 0.25) is 0 Å². The Bertz CT molecular complexity index is 925. The highest BCUT2D eigenvalue weighted by molar-refractivity contribution is 7.89. The van der Waals surface area contributed by atoms with Gasteiger partial charge in [0.15, 0.2) is 6.61 Å². The lowest BCUT2D eigenvalue weighted by Gasteiger charge is -2.13. The van der Waals surface area contributed by atoms with Crippen molar-refractivity contribution in [3.63, 3.8) is 0 Å². The van der Waals surface area contributed by atoms with Crippen LogP contribution in [0, 0.1) is 6.92 Å². The number of benzene rings is 2. The minimum Gasteiger partial charge on any atom is -0.497 e. The molecule has 0 saturated heterocycles. The van der Waals surface area contributed by atoms with Gasteiger partial charge < -0.3 is 14.8 Å². The largest absolute Gasteiger partial charge is 0.497 e. The number of carbonyl (C=O) groups is 1. The molecule has 7 nitrogen and oxygen atoms in total. The summed E-state index contributed by atoms with van der Waals surface area (Å²) in [7, 11) is -1.95. The molecule has 158 valence electrons. The van der Waals surface area contributed by atoms with Gasteiger partial charge in [0.25, 0.3) is 5.91 Å². The molecular weight excluding hydrogens is 392 g/mol. The number of carbonyl (C=O) groups excluding carboxylic acids is 1. The summed E-state index contributed by atoms with van der Waals surface area (Å²) < 4.78 is 37.6. The highest BCUT2D eigenvalue weighted by atomic mass is 32.2. The summed E-state index contributed by atoms with van der Waals surface area (Å²) >= 11 is 0. The van der Waals surface area contributed by atoms with E-state index in [1.54, 1.807) is 33.9 Å². The molecule has 0 radical (unpaired) electrons. The predicted molar refractivity (Wildman–Crippen MR) is 112 cm³/mol. The molecule has 0 heterocycles. The molecule has 29 heavy (non-hydrogen) atoms. The van der Waals surface area contributed by atoms with E-state index in [2.05, 4.69) is 10.0 Å². The van der Waals surface area contributed by atoms with E-state index in [9.17, 15) is 13.2 Å². The lowest BCUT2D eigenvalue weighted by molar-refractivity contribution is -0.123. The van der Waals surface area contributed by atoms with Crippen LogP contribution in [0.5, 0.6) is 11.5 Å². The van der Waals surface area contributed by atoms with Crippen molar-refractivity contribution in [3.05, 3.63) is 53.6 Å². The molecule has 0 unspecified atom stereocenters. The molecule has 0 aliphatic heterocycles. The van der Waals surface area contributed by atoms with Crippen molar-refractivity contribution in [2.45, 2.75) is 38.1 Å². The molecule has 0 bridgehead atoms. The van der Waals surface area contributed by atoms with Gasteiger partial charge >= 0.3 is 0 Å². The van der Waals surface area contributed by atoms with Gasteiger partial charge in [-0.1, -0.05) is 12.1 Å². The summed E-state index contributed by atoms with van der Waals surface area (Å²) in [6.07, 6.45) is 0.699. The molecule has 8 heteroatoms. The van der Waals surface area contributed by atoms with Crippen molar-refractivity contribution in [2.24, 2.45) is 0 Å². The minimum atomic E-state index is -3.57. The Hall–Kier alpha value is -2.58. The Labute approximate surface area is 172 Å². The van der Waals surface area contributed by atoms with Crippen molar-refractivity contribution < 1.29 is 22.7 Å². The zero-order valence-corrected chi connectivity index (χ0v) is 18.0. The Balaban J connectivity index is 1.83. The molecule has 0 aromatic heterocycles. The van der Waals surface area contributed by atoms with Crippen LogP contribution in [0.25, 0.3) is 0 Å². The zero-order chi connectivity index (χ0) is 21.4. The van der Waals surface area contributed by atoms with Gasteiger partial charge in [-0.15, -0.1) is 0 Å². The van der Waals surface area contributed by atoms with E-state index >= 15 is 0 Å². The van der Waals surface area contributed by atoms with Gasteiger partial charge in [-0.3, -0.25) is 4.79 Å². The van der Waals surface area contributed by atoms with E-state index in [0.29, 0.717) is 24.3 Å². The lowest BCUT2D eigenvalue weighted by atomic mass is 10.1. The van der Waals surface area contributed by atoms with E-state index < -0.39 is 10.0 Å². The number of hydrogen-bond donors (Lipinski definition) is 2. The first-order valence-corrected chi connectivity index (χ1v) is 10.8. The maximum Gasteiger partial charge on any atom is 0.257 e. The van der Waals surface area contributed by atoms with E-state index in [-0.39, 0.29) is 23.5 Å². The Kier molecular flexibility index (Phi) is 8.04. The fourth-order valence-electron chi connectivity index (χ4n) is 2.66. The molecule has 2 aromatic rings. The summed E-state index contributed by atoms with van der Waals surface area (Å²) in [5, 5.41) is 2.81. The van der Waals surface area contributed by atoms with E-state index in [1.807, 2.05) is 24.3 Å².